The van der Waals surface area contributed by atoms with Gasteiger partial charge in [0, 0.05) is 61.9 Å². The molecule has 4 heterocycles. The van der Waals surface area contributed by atoms with Crippen LogP contribution in [0.2, 0.25) is 5.02 Å². The Morgan fingerprint density at radius 3 is 2.33 bits per heavy atom. The molecule has 0 aliphatic carbocycles. The number of carbonyl (C=O) groups is 3. The van der Waals surface area contributed by atoms with Gasteiger partial charge in [-0.15, -0.1) is 0 Å². The Labute approximate surface area is 337 Å². The molecule has 3 amide bonds. The molecule has 3 saturated heterocycles. The number of nitrogens with one attached hydrogen (secondary N) is 4. The van der Waals surface area contributed by atoms with Crippen LogP contribution in [-0.4, -0.2) is 96.5 Å². The number of aromatic nitrogens is 2. The molecule has 4 aromatic rings. The number of likely N-dealkylation sites (tertiary alicyclic amines) is 1. The summed E-state index contributed by atoms with van der Waals surface area (Å²) in [6.45, 7) is 4.27. The van der Waals surface area contributed by atoms with E-state index in [4.69, 9.17) is 16.3 Å². The molecular weight excluding hydrogens is 782 g/mol. The Morgan fingerprint density at radius 2 is 1.66 bits per heavy atom. The summed E-state index contributed by atoms with van der Waals surface area (Å²) in [5.74, 6) is -1.07. The maximum absolute atomic E-state index is 13.8. The first kappa shape index (κ1) is 40.5. The Balaban J connectivity index is 0.893. The lowest BCUT2D eigenvalue weighted by Crippen LogP contribution is -2.51. The first-order chi connectivity index (χ1) is 27.8. The quantitative estimate of drug-likeness (QED) is 0.0969. The van der Waals surface area contributed by atoms with Gasteiger partial charge in [-0.1, -0.05) is 23.7 Å². The number of piperazine rings is 1. The van der Waals surface area contributed by atoms with Gasteiger partial charge in [0.25, 0.3) is 0 Å². The van der Waals surface area contributed by atoms with Crippen molar-refractivity contribution in [3.8, 4) is 5.75 Å². The monoisotopic (exact) mass is 823 g/mol. The van der Waals surface area contributed by atoms with Crippen molar-refractivity contribution < 1.29 is 36.7 Å². The number of halogens is 5. The second-order valence-electron chi connectivity index (χ2n) is 14.4. The van der Waals surface area contributed by atoms with Crippen molar-refractivity contribution in [2.24, 2.45) is 0 Å². The van der Waals surface area contributed by atoms with Gasteiger partial charge < -0.3 is 30.5 Å². The summed E-state index contributed by atoms with van der Waals surface area (Å²) >= 11 is 5.82. The van der Waals surface area contributed by atoms with Crippen molar-refractivity contribution in [2.45, 2.75) is 43.8 Å². The molecule has 13 nitrogen and oxygen atoms in total. The molecule has 306 valence electrons. The molecule has 3 aliphatic rings. The van der Waals surface area contributed by atoms with E-state index in [1.165, 1.54) is 18.7 Å². The Hall–Kier alpha value is -5.68. The summed E-state index contributed by atoms with van der Waals surface area (Å²) in [6.07, 6.45) is -1.46. The number of anilines is 6. The number of nitrogens with zero attached hydrogens (tertiary/aromatic N) is 5. The van der Waals surface area contributed by atoms with Crippen molar-refractivity contribution in [1.82, 2.24) is 25.1 Å². The van der Waals surface area contributed by atoms with Crippen LogP contribution in [0.5, 0.6) is 5.75 Å². The molecular formula is C40H42ClF4N9O4. The number of hydrogen-bond acceptors (Lipinski definition) is 11. The molecule has 58 heavy (non-hydrogen) atoms. The van der Waals surface area contributed by atoms with Crippen LogP contribution in [0.15, 0.2) is 66.9 Å². The largest absolute Gasteiger partial charge is 0.494 e. The fourth-order valence-corrected chi connectivity index (χ4v) is 7.55. The molecule has 0 bridgehead atoms. The number of benzene rings is 3. The summed E-state index contributed by atoms with van der Waals surface area (Å²) in [6, 6.07) is 16.5. The molecule has 3 fully saturated rings. The highest BCUT2D eigenvalue weighted by atomic mass is 35.5. The SMILES string of the molecule is COc1cc(N2CCN(C(=O)CN3CCC(c4ccc(NC5CCC(=O)NC5=O)cc4)CC3)CC2)ccc1Nc1ncc(C(F)(F)F)c(Nc2ccc(F)c(Cl)c2)n1. The number of ether oxygens (including phenoxy) is 1. The third-order valence-corrected chi connectivity index (χ3v) is 10.9. The van der Waals surface area contributed by atoms with Gasteiger partial charge in [-0.2, -0.15) is 18.2 Å². The summed E-state index contributed by atoms with van der Waals surface area (Å²) in [4.78, 5) is 51.0. The highest BCUT2D eigenvalue weighted by molar-refractivity contribution is 6.31. The highest BCUT2D eigenvalue weighted by Crippen LogP contribution is 2.37. The van der Waals surface area contributed by atoms with Crippen LogP contribution in [0.3, 0.4) is 0 Å². The third kappa shape index (κ3) is 9.70. The van der Waals surface area contributed by atoms with E-state index in [2.05, 4.69) is 53.2 Å². The second-order valence-corrected chi connectivity index (χ2v) is 14.8. The minimum absolute atomic E-state index is 0.0898. The zero-order valence-corrected chi connectivity index (χ0v) is 32.3. The predicted octanol–water partition coefficient (Wildman–Crippen LogP) is 6.53. The normalized spacial score (nSPS) is 18.1. The zero-order valence-electron chi connectivity index (χ0n) is 31.5. The van der Waals surface area contributed by atoms with Gasteiger partial charge in [-0.05, 0) is 86.3 Å². The number of piperidine rings is 2. The summed E-state index contributed by atoms with van der Waals surface area (Å²) in [7, 11) is 1.47. The average Bonchev–Trinajstić information content (AvgIpc) is 3.21. The summed E-state index contributed by atoms with van der Waals surface area (Å²) < 4.78 is 60.7. The van der Waals surface area contributed by atoms with Crippen LogP contribution in [0, 0.1) is 5.82 Å². The van der Waals surface area contributed by atoms with Crippen LogP contribution in [-0.2, 0) is 20.6 Å². The molecule has 7 rings (SSSR count). The fraction of sp³-hybridized carbons (Fsp3) is 0.375. The number of carbonyl (C=O) groups excluding carboxylic acids is 3. The molecule has 3 aromatic carbocycles. The molecule has 0 radical (unpaired) electrons. The molecule has 1 aromatic heterocycles. The lowest BCUT2D eigenvalue weighted by atomic mass is 9.89. The number of methoxy groups -OCH3 is 1. The Morgan fingerprint density at radius 1 is 0.931 bits per heavy atom. The van der Waals surface area contributed by atoms with E-state index in [0.717, 1.165) is 49.4 Å². The Kier molecular flexibility index (Phi) is 12.2. The first-order valence-electron chi connectivity index (χ1n) is 18.9. The molecule has 3 aliphatic heterocycles. The standard InChI is InChI=1S/C40H42ClF4N9O4/c1-58-34-21-28(7-9-32(34)49-39-46-22-29(40(43,44)45)37(51-39)48-27-6-8-31(42)30(41)20-27)53-16-18-54(19-17-53)36(56)23-52-14-12-25(13-15-52)24-2-4-26(5-3-24)47-33-10-11-35(55)50-38(33)57/h2-9,20-22,25,33,47H,10-19,23H2,1H3,(H,50,55,57)(H2,46,48,49,51). The van der Waals surface area contributed by atoms with Crippen LogP contribution in [0.25, 0.3) is 0 Å². The van der Waals surface area contributed by atoms with E-state index >= 15 is 0 Å². The maximum atomic E-state index is 13.8. The lowest BCUT2D eigenvalue weighted by molar-refractivity contribution is -0.137. The molecule has 4 N–H and O–H groups in total. The minimum atomic E-state index is -4.77. The molecule has 1 unspecified atom stereocenters. The lowest BCUT2D eigenvalue weighted by Gasteiger charge is -2.38. The summed E-state index contributed by atoms with van der Waals surface area (Å²) in [5.41, 5.74) is 2.31. The van der Waals surface area contributed by atoms with E-state index < -0.39 is 29.4 Å². The van der Waals surface area contributed by atoms with E-state index in [1.807, 2.05) is 23.1 Å². The maximum Gasteiger partial charge on any atom is 0.421 e. The van der Waals surface area contributed by atoms with E-state index in [-0.39, 0.29) is 34.4 Å². The van der Waals surface area contributed by atoms with Gasteiger partial charge in [-0.3, -0.25) is 24.6 Å². The number of amides is 3. The second kappa shape index (κ2) is 17.4. The number of rotatable bonds is 11. The van der Waals surface area contributed by atoms with E-state index in [9.17, 15) is 31.9 Å². The number of imide groups is 1. The van der Waals surface area contributed by atoms with Gasteiger partial charge in [0.2, 0.25) is 23.7 Å². The van der Waals surface area contributed by atoms with E-state index in [1.54, 1.807) is 12.1 Å². The van der Waals surface area contributed by atoms with Gasteiger partial charge in [-0.25, -0.2) is 9.37 Å². The first-order valence-corrected chi connectivity index (χ1v) is 19.3. The van der Waals surface area contributed by atoms with Crippen LogP contribution < -0.4 is 30.9 Å². The Bertz CT molecular complexity index is 2140. The van der Waals surface area contributed by atoms with Gasteiger partial charge in [0.1, 0.15) is 29.0 Å². The zero-order chi connectivity index (χ0) is 41.0. The third-order valence-electron chi connectivity index (χ3n) is 10.6. The van der Waals surface area contributed by atoms with E-state index in [0.29, 0.717) is 69.1 Å². The van der Waals surface area contributed by atoms with Crippen molar-refractivity contribution >= 4 is 63.8 Å². The number of alkyl halides is 3. The van der Waals surface area contributed by atoms with Gasteiger partial charge in [0.15, 0.2) is 0 Å². The molecule has 1 atom stereocenters. The molecule has 18 heteroatoms. The number of hydrogen-bond donors (Lipinski definition) is 4. The van der Waals surface area contributed by atoms with Crippen molar-refractivity contribution in [2.75, 3.05) is 73.8 Å². The molecule has 0 saturated carbocycles. The van der Waals surface area contributed by atoms with Crippen LogP contribution in [0.1, 0.15) is 42.7 Å². The summed E-state index contributed by atoms with van der Waals surface area (Å²) in [5, 5.41) is 10.8. The molecule has 0 spiro atoms. The van der Waals surface area contributed by atoms with Crippen molar-refractivity contribution in [3.05, 3.63) is 88.8 Å². The smallest absolute Gasteiger partial charge is 0.421 e. The van der Waals surface area contributed by atoms with Crippen molar-refractivity contribution in [3.63, 3.8) is 0 Å². The fourth-order valence-electron chi connectivity index (χ4n) is 7.37. The highest BCUT2D eigenvalue weighted by Gasteiger charge is 2.36. The van der Waals surface area contributed by atoms with Gasteiger partial charge >= 0.3 is 6.18 Å². The van der Waals surface area contributed by atoms with Gasteiger partial charge in [0.05, 0.1) is 24.4 Å². The average molecular weight is 824 g/mol. The predicted molar refractivity (Wildman–Crippen MR) is 211 cm³/mol. The van der Waals surface area contributed by atoms with Crippen LogP contribution >= 0.6 is 11.6 Å². The van der Waals surface area contributed by atoms with Crippen molar-refractivity contribution in [1.29, 1.82) is 0 Å². The van der Waals surface area contributed by atoms with Crippen LogP contribution in [0.4, 0.5) is 52.1 Å². The minimum Gasteiger partial charge on any atom is -0.494 e. The topological polar surface area (TPSA) is 144 Å².